The first kappa shape index (κ1) is 15.4. The maximum Gasteiger partial charge on any atom is 0.334 e. The van der Waals surface area contributed by atoms with E-state index in [1.54, 1.807) is 0 Å². The Morgan fingerprint density at radius 3 is 2.74 bits per heavy atom. The van der Waals surface area contributed by atoms with E-state index < -0.39 is 0 Å². The second kappa shape index (κ2) is 4.95. The van der Waals surface area contributed by atoms with Gasteiger partial charge in [-0.15, -0.1) is 0 Å². The summed E-state index contributed by atoms with van der Waals surface area (Å²) in [7, 11) is 0. The summed E-state index contributed by atoms with van der Waals surface area (Å²) in [5.74, 6) is 0.371. The average molecular weight is 316 g/mol. The summed E-state index contributed by atoms with van der Waals surface area (Å²) in [6.45, 7) is 8.81. The predicted molar refractivity (Wildman–Crippen MR) is 88.9 cm³/mol. The van der Waals surface area contributed by atoms with Gasteiger partial charge in [0, 0.05) is 12.0 Å². The molecule has 0 unspecified atom stereocenters. The summed E-state index contributed by atoms with van der Waals surface area (Å²) >= 11 is 0. The van der Waals surface area contributed by atoms with Gasteiger partial charge in [0.05, 0.1) is 11.7 Å². The van der Waals surface area contributed by atoms with Crippen LogP contribution in [0.25, 0.3) is 0 Å². The van der Waals surface area contributed by atoms with Gasteiger partial charge in [0.25, 0.3) is 0 Å². The molecule has 3 nitrogen and oxygen atoms in total. The lowest BCUT2D eigenvalue weighted by atomic mass is 9.59. The third-order valence-electron chi connectivity index (χ3n) is 7.12. The van der Waals surface area contributed by atoms with E-state index in [0.29, 0.717) is 12.0 Å². The highest BCUT2D eigenvalue weighted by molar-refractivity contribution is 5.91. The largest absolute Gasteiger partial charge is 0.454 e. The van der Waals surface area contributed by atoms with Gasteiger partial charge >= 0.3 is 5.97 Å². The molecule has 3 heteroatoms. The average Bonchev–Trinajstić information content (AvgIpc) is 3.05. The SMILES string of the molecule is CC1=C2C[C@@H]3[C@@](C)(CC/C=C(/C)C[C@H]2OC1=O)[C@H]1CC[C@]3(C)O1. The van der Waals surface area contributed by atoms with Crippen molar-refractivity contribution in [3.05, 3.63) is 22.8 Å². The van der Waals surface area contributed by atoms with E-state index in [9.17, 15) is 4.79 Å². The molecule has 5 atom stereocenters. The summed E-state index contributed by atoms with van der Waals surface area (Å²) in [5, 5.41) is 0. The van der Waals surface area contributed by atoms with Gasteiger partial charge in [-0.05, 0) is 69.8 Å². The minimum Gasteiger partial charge on any atom is -0.454 e. The van der Waals surface area contributed by atoms with E-state index in [4.69, 9.17) is 9.47 Å². The molecule has 0 N–H and O–H groups in total. The summed E-state index contributed by atoms with van der Waals surface area (Å²) < 4.78 is 12.2. The van der Waals surface area contributed by atoms with Gasteiger partial charge in [0.2, 0.25) is 0 Å². The van der Waals surface area contributed by atoms with Crippen LogP contribution in [0, 0.1) is 11.3 Å². The van der Waals surface area contributed by atoms with Gasteiger partial charge in [-0.2, -0.15) is 0 Å². The number of esters is 1. The smallest absolute Gasteiger partial charge is 0.334 e. The maximum atomic E-state index is 12.1. The second-order valence-electron chi connectivity index (χ2n) is 8.56. The molecule has 2 fully saturated rings. The number of rotatable bonds is 0. The first-order chi connectivity index (χ1) is 10.8. The molecule has 126 valence electrons. The molecule has 0 aromatic heterocycles. The van der Waals surface area contributed by atoms with Crippen LogP contribution < -0.4 is 0 Å². The van der Waals surface area contributed by atoms with Crippen LogP contribution in [0.4, 0.5) is 0 Å². The summed E-state index contributed by atoms with van der Waals surface area (Å²) in [5.41, 5.74) is 3.61. The minimum atomic E-state index is -0.118. The number of ether oxygens (including phenoxy) is 2. The minimum absolute atomic E-state index is 0.0269. The van der Waals surface area contributed by atoms with E-state index in [2.05, 4.69) is 26.8 Å². The van der Waals surface area contributed by atoms with Gasteiger partial charge in [-0.25, -0.2) is 4.79 Å². The quantitative estimate of drug-likeness (QED) is 0.493. The monoisotopic (exact) mass is 316 g/mol. The lowest BCUT2D eigenvalue weighted by Gasteiger charge is -2.43. The van der Waals surface area contributed by atoms with E-state index in [1.807, 2.05) is 6.92 Å². The van der Waals surface area contributed by atoms with Crippen LogP contribution >= 0.6 is 0 Å². The standard InChI is InChI=1S/C20H28O3/c1-12-6-5-8-19(3)16(20(4)9-7-17(19)23-20)11-14-13(2)18(21)22-15(14)10-12/h6,15-17H,5,7-11H2,1-4H3/b12-6-/t15-,16-,17-,19-,20+/m1/s1. The van der Waals surface area contributed by atoms with Gasteiger partial charge in [0.1, 0.15) is 6.10 Å². The number of fused-ring (bicyclic) bond motifs is 6. The first-order valence-electron chi connectivity index (χ1n) is 9.07. The van der Waals surface area contributed by atoms with Crippen LogP contribution in [0.2, 0.25) is 0 Å². The van der Waals surface area contributed by atoms with Crippen molar-refractivity contribution in [1.82, 2.24) is 0 Å². The highest BCUT2D eigenvalue weighted by Gasteiger charge is 2.62. The third-order valence-corrected chi connectivity index (χ3v) is 7.12. The topological polar surface area (TPSA) is 35.5 Å². The molecule has 0 aromatic rings. The molecule has 4 aliphatic rings. The summed E-state index contributed by atoms with van der Waals surface area (Å²) in [6.07, 6.45) is 9.10. The molecule has 0 amide bonds. The normalized spacial score (nSPS) is 48.6. The second-order valence-corrected chi connectivity index (χ2v) is 8.56. The molecule has 0 saturated carbocycles. The Hall–Kier alpha value is -1.09. The van der Waals surface area contributed by atoms with Crippen molar-refractivity contribution in [3.8, 4) is 0 Å². The van der Waals surface area contributed by atoms with E-state index in [1.165, 1.54) is 24.0 Å². The van der Waals surface area contributed by atoms with Crippen LogP contribution in [0.5, 0.6) is 0 Å². The van der Waals surface area contributed by atoms with Crippen LogP contribution in [0.1, 0.15) is 66.2 Å². The van der Waals surface area contributed by atoms with Crippen molar-refractivity contribution in [2.24, 2.45) is 11.3 Å². The van der Waals surface area contributed by atoms with Gasteiger partial charge < -0.3 is 9.47 Å². The van der Waals surface area contributed by atoms with Gasteiger partial charge in [0.15, 0.2) is 0 Å². The number of carbonyl (C=O) groups excluding carboxylic acids is 1. The van der Waals surface area contributed by atoms with Gasteiger partial charge in [-0.3, -0.25) is 0 Å². The molecule has 23 heavy (non-hydrogen) atoms. The fourth-order valence-corrected chi connectivity index (χ4v) is 5.62. The molecule has 4 rings (SSSR count). The Bertz CT molecular complexity index is 616. The van der Waals surface area contributed by atoms with Gasteiger partial charge in [-0.1, -0.05) is 18.6 Å². The molecule has 0 radical (unpaired) electrons. The van der Waals surface area contributed by atoms with Crippen molar-refractivity contribution in [3.63, 3.8) is 0 Å². The molecule has 1 aliphatic carbocycles. The highest BCUT2D eigenvalue weighted by atomic mass is 16.5. The molecule has 0 aromatic carbocycles. The predicted octanol–water partition coefficient (Wildman–Crippen LogP) is 4.32. The lowest BCUT2D eigenvalue weighted by molar-refractivity contribution is -0.139. The van der Waals surface area contributed by atoms with E-state index in [-0.39, 0.29) is 23.1 Å². The number of hydrogen-bond donors (Lipinski definition) is 0. The van der Waals surface area contributed by atoms with Crippen LogP contribution in [-0.4, -0.2) is 23.8 Å². The number of allylic oxidation sites excluding steroid dienone is 1. The molecule has 2 bridgehead atoms. The van der Waals surface area contributed by atoms with E-state index in [0.717, 1.165) is 31.3 Å². The summed E-state index contributed by atoms with van der Waals surface area (Å²) in [6, 6.07) is 0. The molecule has 3 aliphatic heterocycles. The Kier molecular flexibility index (Phi) is 3.32. The van der Waals surface area contributed by atoms with Crippen molar-refractivity contribution in [1.29, 1.82) is 0 Å². The van der Waals surface area contributed by atoms with E-state index >= 15 is 0 Å². The van der Waals surface area contributed by atoms with Crippen molar-refractivity contribution >= 4 is 5.97 Å². The molecule has 0 spiro atoms. The maximum absolute atomic E-state index is 12.1. The molecular formula is C20H28O3. The fourth-order valence-electron chi connectivity index (χ4n) is 5.62. The lowest BCUT2D eigenvalue weighted by Crippen LogP contribution is -2.43. The molecule has 3 heterocycles. The zero-order chi connectivity index (χ0) is 16.4. The fraction of sp³-hybridized carbons (Fsp3) is 0.750. The highest BCUT2D eigenvalue weighted by Crippen LogP contribution is 2.62. The Balaban J connectivity index is 1.77. The molecule has 2 saturated heterocycles. The number of hydrogen-bond acceptors (Lipinski definition) is 3. The zero-order valence-electron chi connectivity index (χ0n) is 14.8. The Morgan fingerprint density at radius 2 is 1.96 bits per heavy atom. The molecular weight excluding hydrogens is 288 g/mol. The third kappa shape index (κ3) is 2.15. The Morgan fingerprint density at radius 1 is 1.17 bits per heavy atom. The van der Waals surface area contributed by atoms with Crippen molar-refractivity contribution in [2.45, 2.75) is 84.0 Å². The van der Waals surface area contributed by atoms with Crippen LogP contribution in [0.15, 0.2) is 22.8 Å². The zero-order valence-corrected chi connectivity index (χ0v) is 14.8. The van der Waals surface area contributed by atoms with Crippen molar-refractivity contribution < 1.29 is 14.3 Å². The Labute approximate surface area is 139 Å². The first-order valence-corrected chi connectivity index (χ1v) is 9.07. The van der Waals surface area contributed by atoms with Crippen LogP contribution in [0.3, 0.4) is 0 Å². The summed E-state index contributed by atoms with van der Waals surface area (Å²) in [4.78, 5) is 12.1. The number of carbonyl (C=O) groups is 1. The van der Waals surface area contributed by atoms with Crippen molar-refractivity contribution in [2.75, 3.05) is 0 Å². The van der Waals surface area contributed by atoms with Crippen LogP contribution in [-0.2, 0) is 14.3 Å².